The summed E-state index contributed by atoms with van der Waals surface area (Å²) in [4.78, 5) is 12.2. The van der Waals surface area contributed by atoms with Gasteiger partial charge in [0, 0.05) is 0 Å². The molecule has 9 nitrogen and oxygen atoms in total. The van der Waals surface area contributed by atoms with Crippen LogP contribution in [0.3, 0.4) is 0 Å². The van der Waals surface area contributed by atoms with Crippen LogP contribution in [0.15, 0.2) is 35.5 Å². The fraction of sp³-hybridized carbons (Fsp3) is 0.182. The third-order valence-electron chi connectivity index (χ3n) is 2.62. The van der Waals surface area contributed by atoms with Crippen LogP contribution in [-0.4, -0.2) is 37.6 Å². The van der Waals surface area contributed by atoms with Crippen molar-refractivity contribution in [2.24, 2.45) is 10.9 Å². The average molecular weight is 275 g/mol. The molecule has 0 bridgehead atoms. The fourth-order valence-electron chi connectivity index (χ4n) is 1.69. The van der Waals surface area contributed by atoms with Gasteiger partial charge < -0.3 is 16.3 Å². The molecule has 1 aromatic carbocycles. The van der Waals surface area contributed by atoms with Gasteiger partial charge in [0.05, 0.1) is 6.54 Å². The van der Waals surface area contributed by atoms with Gasteiger partial charge in [-0.25, -0.2) is 0 Å². The van der Waals surface area contributed by atoms with Crippen molar-refractivity contribution in [3.63, 3.8) is 0 Å². The van der Waals surface area contributed by atoms with Crippen LogP contribution in [0.25, 0.3) is 0 Å². The molecule has 0 spiro atoms. The number of tetrazole rings is 1. The normalized spacial score (nSPS) is 12.9. The predicted molar refractivity (Wildman–Crippen MR) is 68.6 cm³/mol. The summed E-state index contributed by atoms with van der Waals surface area (Å²) in [5, 5.41) is 27.4. The van der Waals surface area contributed by atoms with Crippen LogP contribution in [-0.2, 0) is 11.3 Å². The molecular formula is C11H13N7O2. The van der Waals surface area contributed by atoms with Crippen molar-refractivity contribution in [2.75, 3.05) is 0 Å². The summed E-state index contributed by atoms with van der Waals surface area (Å²) in [5.74, 6) is -1.16. The highest BCUT2D eigenvalue weighted by Gasteiger charge is 2.25. The van der Waals surface area contributed by atoms with E-state index in [1.54, 1.807) is 24.3 Å². The van der Waals surface area contributed by atoms with Crippen molar-refractivity contribution in [3.05, 3.63) is 41.7 Å². The Morgan fingerprint density at radius 1 is 1.45 bits per heavy atom. The summed E-state index contributed by atoms with van der Waals surface area (Å²) in [5.41, 5.74) is 6.21. The van der Waals surface area contributed by atoms with Gasteiger partial charge in [-0.05, 0) is 5.56 Å². The Morgan fingerprint density at radius 2 is 2.20 bits per heavy atom. The third kappa shape index (κ3) is 3.07. The molecule has 0 aliphatic heterocycles. The molecule has 1 unspecified atom stereocenters. The minimum atomic E-state index is -0.881. The quantitative estimate of drug-likeness (QED) is 0.247. The van der Waals surface area contributed by atoms with Crippen LogP contribution < -0.4 is 11.1 Å². The van der Waals surface area contributed by atoms with Crippen molar-refractivity contribution in [2.45, 2.75) is 12.5 Å². The van der Waals surface area contributed by atoms with Gasteiger partial charge in [-0.15, -0.1) is 10.2 Å². The Balaban J connectivity index is 2.13. The molecule has 1 amide bonds. The number of nitrogens with two attached hydrogens (primary N) is 1. The van der Waals surface area contributed by atoms with E-state index in [1.807, 2.05) is 6.07 Å². The first-order valence-corrected chi connectivity index (χ1v) is 5.74. The van der Waals surface area contributed by atoms with Crippen LogP contribution in [0, 0.1) is 0 Å². The largest absolute Gasteiger partial charge is 0.409 e. The van der Waals surface area contributed by atoms with E-state index in [1.165, 1.54) is 0 Å². The number of hydrogen-bond donors (Lipinski definition) is 4. The Kier molecular flexibility index (Phi) is 4.22. The van der Waals surface area contributed by atoms with Gasteiger partial charge in [0.15, 0.2) is 11.7 Å². The first kappa shape index (κ1) is 13.5. The number of amides is 1. The van der Waals surface area contributed by atoms with E-state index in [9.17, 15) is 4.79 Å². The lowest BCUT2D eigenvalue weighted by Crippen LogP contribution is -2.37. The number of oxime groups is 1. The maximum Gasteiger partial charge on any atom is 0.235 e. The summed E-state index contributed by atoms with van der Waals surface area (Å²) in [6.45, 7) is 0.0946. The van der Waals surface area contributed by atoms with Crippen molar-refractivity contribution < 1.29 is 10.0 Å². The number of carbonyl (C=O) groups excluding carboxylic acids is 1. The zero-order valence-electron chi connectivity index (χ0n) is 10.4. The number of aromatic amines is 1. The smallest absolute Gasteiger partial charge is 0.235 e. The Bertz CT molecular complexity index is 582. The molecule has 5 N–H and O–H groups in total. The lowest BCUT2D eigenvalue weighted by Gasteiger charge is -2.15. The first-order chi connectivity index (χ1) is 9.72. The van der Waals surface area contributed by atoms with Crippen LogP contribution in [0.2, 0.25) is 0 Å². The predicted octanol–water partition coefficient (Wildman–Crippen LogP) is -0.654. The Labute approximate surface area is 113 Å². The highest BCUT2D eigenvalue weighted by molar-refractivity contribution is 6.07. The fourth-order valence-corrected chi connectivity index (χ4v) is 1.69. The topological polar surface area (TPSA) is 142 Å². The standard InChI is InChI=1S/C11H13N7O2/c12-10(16-20)9(7-4-2-1-3-5-7)11(19)13-6-8-14-17-18-15-8/h1-5,9,20H,6H2,(H2,12,16)(H,13,19)(H,14,15,17,18). The molecule has 20 heavy (non-hydrogen) atoms. The molecule has 104 valence electrons. The van der Waals surface area contributed by atoms with Crippen LogP contribution in [0.1, 0.15) is 17.3 Å². The van der Waals surface area contributed by atoms with Gasteiger partial charge in [0.2, 0.25) is 5.91 Å². The van der Waals surface area contributed by atoms with Crippen molar-refractivity contribution in [1.82, 2.24) is 25.9 Å². The molecule has 0 fully saturated rings. The van der Waals surface area contributed by atoms with Crippen molar-refractivity contribution in [3.8, 4) is 0 Å². The molecule has 0 radical (unpaired) electrons. The average Bonchev–Trinajstić information content (AvgIpc) is 2.99. The number of aromatic nitrogens is 4. The van der Waals surface area contributed by atoms with Gasteiger partial charge in [0.25, 0.3) is 0 Å². The minimum Gasteiger partial charge on any atom is -0.409 e. The molecule has 1 heterocycles. The number of rotatable bonds is 5. The number of hydrogen-bond acceptors (Lipinski definition) is 6. The highest BCUT2D eigenvalue weighted by atomic mass is 16.4. The number of amidine groups is 1. The zero-order valence-corrected chi connectivity index (χ0v) is 10.4. The van der Waals surface area contributed by atoms with Crippen molar-refractivity contribution >= 4 is 11.7 Å². The van der Waals surface area contributed by atoms with E-state index < -0.39 is 11.8 Å². The second-order valence-electron chi connectivity index (χ2n) is 3.91. The molecule has 0 saturated heterocycles. The SMILES string of the molecule is NC(=NO)C(C(=O)NCc1nn[nH]n1)c1ccccc1. The van der Waals surface area contributed by atoms with E-state index in [2.05, 4.69) is 31.1 Å². The van der Waals surface area contributed by atoms with Crippen molar-refractivity contribution in [1.29, 1.82) is 0 Å². The summed E-state index contributed by atoms with van der Waals surface area (Å²) < 4.78 is 0. The van der Waals surface area contributed by atoms with E-state index in [0.29, 0.717) is 11.4 Å². The molecule has 0 saturated carbocycles. The number of nitrogens with zero attached hydrogens (tertiary/aromatic N) is 4. The zero-order chi connectivity index (χ0) is 14.4. The lowest BCUT2D eigenvalue weighted by atomic mass is 9.97. The number of benzene rings is 1. The van der Waals surface area contributed by atoms with E-state index in [-0.39, 0.29) is 12.4 Å². The third-order valence-corrected chi connectivity index (χ3v) is 2.62. The molecule has 1 aromatic heterocycles. The van der Waals surface area contributed by atoms with Crippen LogP contribution in [0.4, 0.5) is 0 Å². The second kappa shape index (κ2) is 6.27. The monoisotopic (exact) mass is 275 g/mol. The van der Waals surface area contributed by atoms with E-state index in [4.69, 9.17) is 10.9 Å². The van der Waals surface area contributed by atoms with Crippen LogP contribution in [0.5, 0.6) is 0 Å². The minimum absolute atomic E-state index is 0.0946. The molecule has 1 atom stereocenters. The molecule has 0 aliphatic carbocycles. The number of carbonyl (C=O) groups is 1. The van der Waals surface area contributed by atoms with E-state index in [0.717, 1.165) is 0 Å². The van der Waals surface area contributed by atoms with E-state index >= 15 is 0 Å². The molecule has 2 rings (SSSR count). The van der Waals surface area contributed by atoms with Gasteiger partial charge in [-0.3, -0.25) is 4.79 Å². The van der Waals surface area contributed by atoms with Gasteiger partial charge >= 0.3 is 0 Å². The number of H-pyrrole nitrogens is 1. The number of nitrogens with one attached hydrogen (secondary N) is 2. The maximum atomic E-state index is 12.2. The molecule has 0 aliphatic rings. The molecule has 9 heteroatoms. The summed E-state index contributed by atoms with van der Waals surface area (Å²) in [6.07, 6.45) is 0. The van der Waals surface area contributed by atoms with Gasteiger partial charge in [-0.2, -0.15) is 5.21 Å². The maximum absolute atomic E-state index is 12.2. The van der Waals surface area contributed by atoms with Crippen LogP contribution >= 0.6 is 0 Å². The Morgan fingerprint density at radius 3 is 2.80 bits per heavy atom. The molecule has 2 aromatic rings. The van der Waals surface area contributed by atoms with Gasteiger partial charge in [0.1, 0.15) is 5.92 Å². The second-order valence-corrected chi connectivity index (χ2v) is 3.91. The summed E-state index contributed by atoms with van der Waals surface area (Å²) >= 11 is 0. The summed E-state index contributed by atoms with van der Waals surface area (Å²) in [7, 11) is 0. The lowest BCUT2D eigenvalue weighted by molar-refractivity contribution is -0.121. The first-order valence-electron chi connectivity index (χ1n) is 5.74. The molecular weight excluding hydrogens is 262 g/mol. The van der Waals surface area contributed by atoms with Gasteiger partial charge in [-0.1, -0.05) is 40.7 Å². The summed E-state index contributed by atoms with van der Waals surface area (Å²) in [6, 6.07) is 8.77. The highest BCUT2D eigenvalue weighted by Crippen LogP contribution is 2.16. The Hall–Kier alpha value is -2.97.